The molecule has 0 saturated heterocycles. The lowest BCUT2D eigenvalue weighted by molar-refractivity contribution is 1.02. The molecule has 0 aliphatic carbocycles. The molecule has 1 N–H and O–H groups in total. The van der Waals surface area contributed by atoms with E-state index in [1.54, 1.807) is 12.4 Å². The predicted molar refractivity (Wildman–Crippen MR) is 83.6 cm³/mol. The highest BCUT2D eigenvalue weighted by Gasteiger charge is 2.03. The van der Waals surface area contributed by atoms with E-state index in [0.717, 1.165) is 30.5 Å². The zero-order valence-electron chi connectivity index (χ0n) is 9.54. The van der Waals surface area contributed by atoms with Crippen molar-refractivity contribution >= 4 is 53.5 Å². The standard InChI is InChI=1S/C12H10Br3N3/c1-7-2-9(5-18-12(7)15)16-6-11-10(14)3-8(13)4-17-11/h2-5,16H,6H2,1H3. The molecule has 0 amide bonds. The Morgan fingerprint density at radius 3 is 2.56 bits per heavy atom. The Kier molecular flexibility index (Phi) is 4.75. The van der Waals surface area contributed by atoms with Crippen molar-refractivity contribution in [2.75, 3.05) is 5.32 Å². The van der Waals surface area contributed by atoms with Crippen molar-refractivity contribution in [3.05, 3.63) is 49.3 Å². The van der Waals surface area contributed by atoms with Crippen LogP contribution < -0.4 is 5.32 Å². The SMILES string of the molecule is Cc1cc(NCc2ncc(Br)cc2Br)cnc1Br. The highest BCUT2D eigenvalue weighted by Crippen LogP contribution is 2.21. The molecule has 0 radical (unpaired) electrons. The number of pyridine rings is 2. The van der Waals surface area contributed by atoms with Crippen molar-refractivity contribution in [3.8, 4) is 0 Å². The van der Waals surface area contributed by atoms with Crippen molar-refractivity contribution in [1.29, 1.82) is 0 Å². The lowest BCUT2D eigenvalue weighted by atomic mass is 10.3. The van der Waals surface area contributed by atoms with Crippen LogP contribution in [-0.2, 0) is 6.54 Å². The first-order chi connectivity index (χ1) is 8.56. The zero-order chi connectivity index (χ0) is 13.1. The molecule has 0 saturated carbocycles. The Bertz CT molecular complexity index is 572. The number of rotatable bonds is 3. The van der Waals surface area contributed by atoms with Crippen molar-refractivity contribution < 1.29 is 0 Å². The number of hydrogen-bond donors (Lipinski definition) is 1. The second kappa shape index (κ2) is 6.12. The number of nitrogens with one attached hydrogen (secondary N) is 1. The molecule has 18 heavy (non-hydrogen) atoms. The third-order valence-corrected chi connectivity index (χ3v) is 4.31. The maximum absolute atomic E-state index is 4.35. The van der Waals surface area contributed by atoms with E-state index in [4.69, 9.17) is 0 Å². The molecule has 3 nitrogen and oxygen atoms in total. The summed E-state index contributed by atoms with van der Waals surface area (Å²) in [7, 11) is 0. The maximum Gasteiger partial charge on any atom is 0.109 e. The van der Waals surface area contributed by atoms with Gasteiger partial charge in [-0.2, -0.15) is 0 Å². The first-order valence-corrected chi connectivity index (χ1v) is 7.60. The van der Waals surface area contributed by atoms with Gasteiger partial charge >= 0.3 is 0 Å². The minimum Gasteiger partial charge on any atom is -0.378 e. The smallest absolute Gasteiger partial charge is 0.109 e. The summed E-state index contributed by atoms with van der Waals surface area (Å²) in [5, 5.41) is 3.30. The molecular formula is C12H10Br3N3. The second-order valence-electron chi connectivity index (χ2n) is 3.77. The number of nitrogens with zero attached hydrogens (tertiary/aromatic N) is 2. The van der Waals surface area contributed by atoms with Crippen molar-refractivity contribution in [3.63, 3.8) is 0 Å². The average molecular weight is 436 g/mol. The van der Waals surface area contributed by atoms with E-state index < -0.39 is 0 Å². The van der Waals surface area contributed by atoms with Crippen molar-refractivity contribution in [2.45, 2.75) is 13.5 Å². The van der Waals surface area contributed by atoms with Gasteiger partial charge in [-0.15, -0.1) is 0 Å². The molecule has 2 aromatic heterocycles. The van der Waals surface area contributed by atoms with Crippen LogP contribution in [0.4, 0.5) is 5.69 Å². The van der Waals surface area contributed by atoms with Crippen LogP contribution in [0, 0.1) is 6.92 Å². The normalized spacial score (nSPS) is 10.4. The Morgan fingerprint density at radius 2 is 1.89 bits per heavy atom. The summed E-state index contributed by atoms with van der Waals surface area (Å²) in [6, 6.07) is 4.03. The molecule has 0 aliphatic heterocycles. The van der Waals surface area contributed by atoms with Gasteiger partial charge in [-0.25, -0.2) is 4.98 Å². The summed E-state index contributed by atoms with van der Waals surface area (Å²) in [6.07, 6.45) is 3.58. The van der Waals surface area contributed by atoms with Gasteiger partial charge in [0.15, 0.2) is 0 Å². The van der Waals surface area contributed by atoms with Crippen molar-refractivity contribution in [2.24, 2.45) is 0 Å². The maximum atomic E-state index is 4.35. The van der Waals surface area contributed by atoms with Gasteiger partial charge < -0.3 is 5.32 Å². The van der Waals surface area contributed by atoms with Crippen LogP contribution in [0.15, 0.2) is 38.1 Å². The van der Waals surface area contributed by atoms with Gasteiger partial charge in [-0.3, -0.25) is 4.98 Å². The Morgan fingerprint density at radius 1 is 1.11 bits per heavy atom. The topological polar surface area (TPSA) is 37.8 Å². The van der Waals surface area contributed by atoms with E-state index in [0.29, 0.717) is 6.54 Å². The minimum absolute atomic E-state index is 0.649. The van der Waals surface area contributed by atoms with Gasteiger partial charge in [0.25, 0.3) is 0 Å². The molecule has 94 valence electrons. The van der Waals surface area contributed by atoms with E-state index >= 15 is 0 Å². The average Bonchev–Trinajstić information content (AvgIpc) is 2.32. The zero-order valence-corrected chi connectivity index (χ0v) is 14.3. The van der Waals surface area contributed by atoms with Gasteiger partial charge in [-0.1, -0.05) is 0 Å². The van der Waals surface area contributed by atoms with Crippen LogP contribution in [0.1, 0.15) is 11.3 Å². The van der Waals surface area contributed by atoms with E-state index in [9.17, 15) is 0 Å². The molecule has 0 fully saturated rings. The fourth-order valence-electron chi connectivity index (χ4n) is 1.41. The highest BCUT2D eigenvalue weighted by atomic mass is 79.9. The number of anilines is 1. The fraction of sp³-hybridized carbons (Fsp3) is 0.167. The van der Waals surface area contributed by atoms with Gasteiger partial charge in [0.2, 0.25) is 0 Å². The largest absolute Gasteiger partial charge is 0.378 e. The van der Waals surface area contributed by atoms with Crippen LogP contribution in [0.25, 0.3) is 0 Å². The van der Waals surface area contributed by atoms with Gasteiger partial charge in [0, 0.05) is 15.1 Å². The molecule has 0 unspecified atom stereocenters. The molecule has 0 atom stereocenters. The summed E-state index contributed by atoms with van der Waals surface area (Å²) in [5.41, 5.74) is 3.04. The summed E-state index contributed by atoms with van der Waals surface area (Å²) in [6.45, 7) is 2.66. The summed E-state index contributed by atoms with van der Waals surface area (Å²) in [4.78, 5) is 8.59. The molecule has 6 heteroatoms. The third-order valence-electron chi connectivity index (χ3n) is 2.36. The van der Waals surface area contributed by atoms with Crippen LogP contribution in [0.2, 0.25) is 0 Å². The summed E-state index contributed by atoms with van der Waals surface area (Å²) in [5.74, 6) is 0. The molecule has 2 rings (SSSR count). The molecule has 0 aliphatic rings. The fourth-order valence-corrected chi connectivity index (χ4v) is 2.76. The predicted octanol–water partition coefficient (Wildman–Crippen LogP) is 4.68. The molecule has 2 aromatic rings. The van der Waals surface area contributed by atoms with E-state index in [2.05, 4.69) is 63.1 Å². The van der Waals surface area contributed by atoms with E-state index in [1.165, 1.54) is 0 Å². The number of aromatic nitrogens is 2. The molecule has 0 bridgehead atoms. The number of aryl methyl sites for hydroxylation is 1. The highest BCUT2D eigenvalue weighted by molar-refractivity contribution is 9.11. The second-order valence-corrected chi connectivity index (χ2v) is 6.29. The van der Waals surface area contributed by atoms with E-state index in [1.807, 2.05) is 19.1 Å². The van der Waals surface area contributed by atoms with Crippen LogP contribution >= 0.6 is 47.8 Å². The van der Waals surface area contributed by atoms with E-state index in [-0.39, 0.29) is 0 Å². The third kappa shape index (κ3) is 3.52. The first kappa shape index (κ1) is 14.0. The van der Waals surface area contributed by atoms with Crippen LogP contribution in [0.3, 0.4) is 0 Å². The van der Waals surface area contributed by atoms with Crippen LogP contribution in [-0.4, -0.2) is 9.97 Å². The lowest BCUT2D eigenvalue weighted by Gasteiger charge is -2.08. The monoisotopic (exact) mass is 433 g/mol. The summed E-state index contributed by atoms with van der Waals surface area (Å²) < 4.78 is 2.81. The minimum atomic E-state index is 0.649. The molecule has 0 spiro atoms. The first-order valence-electron chi connectivity index (χ1n) is 5.22. The summed E-state index contributed by atoms with van der Waals surface area (Å²) >= 11 is 10.3. The molecular weight excluding hydrogens is 426 g/mol. The Hall–Kier alpha value is -0.460. The number of halogens is 3. The van der Waals surface area contributed by atoms with Crippen molar-refractivity contribution in [1.82, 2.24) is 9.97 Å². The molecule has 2 heterocycles. The lowest BCUT2D eigenvalue weighted by Crippen LogP contribution is -2.03. The van der Waals surface area contributed by atoms with Gasteiger partial charge in [0.1, 0.15) is 4.60 Å². The Labute approximate surface area is 131 Å². The van der Waals surface area contributed by atoms with Crippen LogP contribution in [0.5, 0.6) is 0 Å². The van der Waals surface area contributed by atoms with Gasteiger partial charge in [-0.05, 0) is 72.4 Å². The quantitative estimate of drug-likeness (QED) is 0.711. The molecule has 0 aromatic carbocycles. The Balaban J connectivity index is 2.09. The number of hydrogen-bond acceptors (Lipinski definition) is 3. The van der Waals surface area contributed by atoms with Gasteiger partial charge in [0.05, 0.1) is 24.1 Å².